The lowest BCUT2D eigenvalue weighted by atomic mass is 10.0. The number of benzene rings is 4. The van der Waals surface area contributed by atoms with E-state index in [4.69, 9.17) is 13.6 Å². The van der Waals surface area contributed by atoms with Crippen LogP contribution < -0.4 is 20.1 Å². The van der Waals surface area contributed by atoms with Crippen molar-refractivity contribution < 1.29 is 23.2 Å². The molecule has 2 N–H and O–H groups in total. The first kappa shape index (κ1) is 17.4. The van der Waals surface area contributed by atoms with Gasteiger partial charge in [-0.05, 0) is 41.1 Å². The average molecular weight is 429 g/mol. The molecule has 4 rings (SSSR count). The number of para-hydroxylation sites is 2. The van der Waals surface area contributed by atoms with Crippen molar-refractivity contribution in [1.29, 1.82) is 0 Å². The molecule has 0 bridgehead atoms. The number of anilines is 1. The number of carbonyl (C=O) groups excluding carboxylic acids is 2. The fourth-order valence-corrected chi connectivity index (χ4v) is 3.26. The highest BCUT2D eigenvalue weighted by Gasteiger charge is 2.13. The minimum Gasteiger partial charge on any atom is -0.497 e. The summed E-state index contributed by atoms with van der Waals surface area (Å²) < 4.78 is 32.4. The van der Waals surface area contributed by atoms with Gasteiger partial charge in [0.15, 0.2) is 5.75 Å². The maximum absolute atomic E-state index is 12.7. The first-order valence-electron chi connectivity index (χ1n) is 11.4. The van der Waals surface area contributed by atoms with Crippen LogP contribution in [-0.2, 0) is 4.79 Å². The highest BCUT2D eigenvalue weighted by atomic mass is 16.5. The Morgan fingerprint density at radius 3 is 2.53 bits per heavy atom. The van der Waals surface area contributed by atoms with E-state index >= 15 is 0 Å². The van der Waals surface area contributed by atoms with Crippen LogP contribution in [0.5, 0.6) is 17.2 Å². The fourth-order valence-electron chi connectivity index (χ4n) is 3.26. The first-order chi connectivity index (χ1) is 16.8. The second-order valence-corrected chi connectivity index (χ2v) is 6.93. The molecule has 0 atom stereocenters. The molecule has 0 unspecified atom stereocenters. The summed E-state index contributed by atoms with van der Waals surface area (Å²) in [6.07, 6.45) is 0. The molecule has 6 nitrogen and oxygen atoms in total. The molecule has 0 aliphatic carbocycles. The van der Waals surface area contributed by atoms with E-state index in [1.807, 2.05) is 30.3 Å². The van der Waals surface area contributed by atoms with Gasteiger partial charge in [0.1, 0.15) is 11.5 Å². The van der Waals surface area contributed by atoms with Gasteiger partial charge in [-0.1, -0.05) is 54.6 Å². The van der Waals surface area contributed by atoms with Gasteiger partial charge in [-0.25, -0.2) is 0 Å². The zero-order valence-electron chi connectivity index (χ0n) is 20.0. The van der Waals surface area contributed by atoms with E-state index in [0.717, 1.165) is 10.8 Å². The molecule has 4 aromatic carbocycles. The molecule has 2 amide bonds. The Morgan fingerprint density at radius 2 is 1.62 bits per heavy atom. The molecule has 0 spiro atoms. The third kappa shape index (κ3) is 4.87. The summed E-state index contributed by atoms with van der Waals surface area (Å²) in [6.45, 7) is -0.238. The number of fused-ring (bicyclic) bond motifs is 1. The summed E-state index contributed by atoms with van der Waals surface area (Å²) in [4.78, 5) is 25.3. The molecule has 0 saturated heterocycles. The van der Waals surface area contributed by atoms with Crippen LogP contribution in [0.3, 0.4) is 0 Å². The Balaban J connectivity index is 1.41. The van der Waals surface area contributed by atoms with Gasteiger partial charge in [0.2, 0.25) is 5.91 Å². The van der Waals surface area contributed by atoms with Gasteiger partial charge in [0.05, 0.1) is 23.4 Å². The molecule has 0 aliphatic rings. The van der Waals surface area contributed by atoms with E-state index in [0.29, 0.717) is 22.7 Å². The smallest absolute Gasteiger partial charge is 0.252 e. The normalized spacial score (nSPS) is 12.2. The van der Waals surface area contributed by atoms with Gasteiger partial charge in [-0.3, -0.25) is 9.59 Å². The predicted molar refractivity (Wildman–Crippen MR) is 124 cm³/mol. The summed E-state index contributed by atoms with van der Waals surface area (Å²) in [6, 6.07) is 25.9. The lowest BCUT2D eigenvalue weighted by molar-refractivity contribution is -0.115. The molecule has 0 aromatic heterocycles. The van der Waals surface area contributed by atoms with Crippen LogP contribution in [0.25, 0.3) is 10.8 Å². The SMILES string of the molecule is [2H]C([2H])([2H])Oc1cccc(Oc2ccccc2NC(=O)CNC(=O)c2cccc3ccccc23)c1. The van der Waals surface area contributed by atoms with Crippen molar-refractivity contribution in [3.63, 3.8) is 0 Å². The Bertz CT molecular complexity index is 1370. The second-order valence-electron chi connectivity index (χ2n) is 6.93. The van der Waals surface area contributed by atoms with E-state index in [2.05, 4.69) is 10.6 Å². The lowest BCUT2D eigenvalue weighted by Crippen LogP contribution is -2.33. The van der Waals surface area contributed by atoms with Crippen molar-refractivity contribution in [3.8, 4) is 17.2 Å². The van der Waals surface area contributed by atoms with Crippen LogP contribution in [0.2, 0.25) is 0 Å². The number of hydrogen-bond acceptors (Lipinski definition) is 4. The number of methoxy groups -OCH3 is 1. The van der Waals surface area contributed by atoms with E-state index in [1.165, 1.54) is 12.1 Å². The third-order valence-electron chi connectivity index (χ3n) is 4.76. The zero-order chi connectivity index (χ0) is 24.8. The van der Waals surface area contributed by atoms with Crippen molar-refractivity contribution in [2.75, 3.05) is 18.9 Å². The Kier molecular flexibility index (Phi) is 5.24. The molecule has 0 radical (unpaired) electrons. The van der Waals surface area contributed by atoms with Crippen LogP contribution in [0.15, 0.2) is 91.0 Å². The molecule has 0 saturated carbocycles. The summed E-state index contributed by atoms with van der Waals surface area (Å²) in [5.74, 6) is 0.00631. The molecule has 0 fully saturated rings. The average Bonchev–Trinajstić information content (AvgIpc) is 2.82. The molecular formula is C26H22N2O4. The molecule has 6 heteroatoms. The lowest BCUT2D eigenvalue weighted by Gasteiger charge is -2.13. The summed E-state index contributed by atoms with van der Waals surface area (Å²) in [5.41, 5.74) is 0.873. The van der Waals surface area contributed by atoms with Crippen molar-refractivity contribution in [2.24, 2.45) is 0 Å². The number of carbonyl (C=O) groups is 2. The van der Waals surface area contributed by atoms with Gasteiger partial charge in [-0.15, -0.1) is 0 Å². The predicted octanol–water partition coefficient (Wildman–Crippen LogP) is 5.01. The van der Waals surface area contributed by atoms with E-state index in [9.17, 15) is 9.59 Å². The molecule has 0 aliphatic heterocycles. The summed E-state index contributed by atoms with van der Waals surface area (Å²) >= 11 is 0. The van der Waals surface area contributed by atoms with Gasteiger partial charge in [-0.2, -0.15) is 0 Å². The number of rotatable bonds is 7. The van der Waals surface area contributed by atoms with Crippen molar-refractivity contribution in [3.05, 3.63) is 96.6 Å². The minimum absolute atomic E-state index is 0.125. The highest BCUT2D eigenvalue weighted by molar-refractivity contribution is 6.08. The Labute approximate surface area is 190 Å². The van der Waals surface area contributed by atoms with Gasteiger partial charge in [0.25, 0.3) is 5.91 Å². The van der Waals surface area contributed by atoms with Crippen LogP contribution in [0.4, 0.5) is 5.69 Å². The largest absolute Gasteiger partial charge is 0.497 e. The van der Waals surface area contributed by atoms with E-state index in [-0.39, 0.29) is 18.2 Å². The summed E-state index contributed by atoms with van der Waals surface area (Å²) in [7, 11) is -2.58. The zero-order valence-corrected chi connectivity index (χ0v) is 17.0. The third-order valence-corrected chi connectivity index (χ3v) is 4.76. The monoisotopic (exact) mass is 429 g/mol. The molecule has 4 aromatic rings. The minimum atomic E-state index is -2.58. The molecule has 32 heavy (non-hydrogen) atoms. The maximum atomic E-state index is 12.7. The standard InChI is InChI=1S/C26H22N2O4/c1-31-19-10-7-11-20(16-19)32-24-15-5-4-14-23(24)28-25(29)17-27-26(30)22-13-6-9-18-8-2-3-12-21(18)22/h2-16H,17H2,1H3,(H,27,30)(H,28,29)/i1D3. The van der Waals surface area contributed by atoms with Crippen LogP contribution in [0.1, 0.15) is 14.5 Å². The topological polar surface area (TPSA) is 76.7 Å². The quantitative estimate of drug-likeness (QED) is 0.433. The van der Waals surface area contributed by atoms with E-state index in [1.54, 1.807) is 48.5 Å². The molecule has 160 valence electrons. The van der Waals surface area contributed by atoms with Crippen molar-refractivity contribution in [1.82, 2.24) is 5.32 Å². The Hall–Kier alpha value is -4.32. The second kappa shape index (κ2) is 9.66. The maximum Gasteiger partial charge on any atom is 0.252 e. The molecule has 0 heterocycles. The fraction of sp³-hybridized carbons (Fsp3) is 0.0769. The summed E-state index contributed by atoms with van der Waals surface area (Å²) in [5, 5.41) is 7.11. The number of hydrogen-bond donors (Lipinski definition) is 2. The highest BCUT2D eigenvalue weighted by Crippen LogP contribution is 2.30. The van der Waals surface area contributed by atoms with Gasteiger partial charge in [0, 0.05) is 11.6 Å². The number of nitrogens with one attached hydrogen (secondary N) is 2. The van der Waals surface area contributed by atoms with Crippen LogP contribution >= 0.6 is 0 Å². The Morgan fingerprint density at radius 1 is 0.875 bits per heavy atom. The molecular weight excluding hydrogens is 404 g/mol. The first-order valence-corrected chi connectivity index (χ1v) is 9.90. The van der Waals surface area contributed by atoms with Gasteiger partial charge >= 0.3 is 0 Å². The van der Waals surface area contributed by atoms with E-state index < -0.39 is 12.9 Å². The van der Waals surface area contributed by atoms with Gasteiger partial charge < -0.3 is 20.1 Å². The van der Waals surface area contributed by atoms with Crippen molar-refractivity contribution in [2.45, 2.75) is 0 Å². The van der Waals surface area contributed by atoms with Crippen LogP contribution in [0, 0.1) is 0 Å². The number of ether oxygens (including phenoxy) is 2. The number of amides is 2. The van der Waals surface area contributed by atoms with Crippen molar-refractivity contribution >= 4 is 28.3 Å². The van der Waals surface area contributed by atoms with Crippen LogP contribution in [-0.4, -0.2) is 25.4 Å².